The lowest BCUT2D eigenvalue weighted by atomic mass is 9.84. The first-order valence-electron chi connectivity index (χ1n) is 8.06. The maximum atomic E-state index is 13.1. The van der Waals surface area contributed by atoms with E-state index in [1.165, 1.54) is 0 Å². The number of piperidine rings is 1. The first-order valence-corrected chi connectivity index (χ1v) is 9.50. The lowest BCUT2D eigenvalue weighted by Crippen LogP contribution is -2.54. The van der Waals surface area contributed by atoms with E-state index in [-0.39, 0.29) is 24.4 Å². The number of aliphatic hydroxyl groups is 1. The van der Waals surface area contributed by atoms with Gasteiger partial charge in [-0.1, -0.05) is 43.7 Å². The molecule has 1 aromatic carbocycles. The first-order chi connectivity index (χ1) is 10.6. The highest BCUT2D eigenvalue weighted by Gasteiger charge is 2.42. The quantitative estimate of drug-likeness (QED) is 0.859. The van der Waals surface area contributed by atoms with Crippen LogP contribution in [0.1, 0.15) is 32.8 Å². The summed E-state index contributed by atoms with van der Waals surface area (Å²) < 4.78 is 27.8. The van der Waals surface area contributed by atoms with Crippen molar-refractivity contribution in [3.63, 3.8) is 0 Å². The molecule has 1 saturated heterocycles. The molecule has 0 aliphatic carbocycles. The summed E-state index contributed by atoms with van der Waals surface area (Å²) in [5.74, 6) is -0.0823. The molecule has 3 atom stereocenters. The van der Waals surface area contributed by atoms with Crippen molar-refractivity contribution in [3.8, 4) is 0 Å². The fourth-order valence-electron chi connectivity index (χ4n) is 3.19. The zero-order chi connectivity index (χ0) is 17.4. The highest BCUT2D eigenvalue weighted by atomic mass is 32.2. The standard InChI is InChI=1S/C18H27NO3S/c1-12(2)16-11-19(17(13(3)4)10-18(16)20)23(21,22)15-8-6-14(5)7-9-15/h6-9,13,16-18,20H,1,10-11H2,2-5H3/t16-,17-,18-/m1/s1. The lowest BCUT2D eigenvalue weighted by molar-refractivity contribution is 0.0291. The predicted molar refractivity (Wildman–Crippen MR) is 92.6 cm³/mol. The Morgan fingerprint density at radius 3 is 2.35 bits per heavy atom. The second-order valence-electron chi connectivity index (χ2n) is 6.96. The molecule has 0 aromatic heterocycles. The van der Waals surface area contributed by atoms with Crippen molar-refractivity contribution >= 4 is 10.0 Å². The number of benzene rings is 1. The third-order valence-corrected chi connectivity index (χ3v) is 6.63. The summed E-state index contributed by atoms with van der Waals surface area (Å²) in [6.07, 6.45) is -0.0929. The summed E-state index contributed by atoms with van der Waals surface area (Å²) in [4.78, 5) is 0.311. The maximum absolute atomic E-state index is 13.1. The molecule has 1 aliphatic heterocycles. The number of nitrogens with zero attached hydrogens (tertiary/aromatic N) is 1. The van der Waals surface area contributed by atoms with Crippen LogP contribution in [-0.2, 0) is 10.0 Å². The van der Waals surface area contributed by atoms with Gasteiger partial charge in [0, 0.05) is 18.5 Å². The monoisotopic (exact) mass is 337 g/mol. The van der Waals surface area contributed by atoms with Crippen molar-refractivity contribution in [1.82, 2.24) is 4.31 Å². The Morgan fingerprint density at radius 1 is 1.30 bits per heavy atom. The molecule has 1 N–H and O–H groups in total. The van der Waals surface area contributed by atoms with E-state index < -0.39 is 16.1 Å². The number of rotatable bonds is 4. The number of hydrogen-bond acceptors (Lipinski definition) is 3. The molecule has 4 nitrogen and oxygen atoms in total. The fraction of sp³-hybridized carbons (Fsp3) is 0.556. The average molecular weight is 337 g/mol. The van der Waals surface area contributed by atoms with Gasteiger partial charge >= 0.3 is 0 Å². The molecule has 1 aliphatic rings. The first kappa shape index (κ1) is 18.2. The van der Waals surface area contributed by atoms with E-state index in [1.807, 2.05) is 39.8 Å². The van der Waals surface area contributed by atoms with E-state index in [4.69, 9.17) is 0 Å². The van der Waals surface area contributed by atoms with E-state index >= 15 is 0 Å². The van der Waals surface area contributed by atoms with Crippen LogP contribution in [-0.4, -0.2) is 36.5 Å². The van der Waals surface area contributed by atoms with Gasteiger partial charge in [0.2, 0.25) is 10.0 Å². The van der Waals surface area contributed by atoms with Crippen LogP contribution >= 0.6 is 0 Å². The smallest absolute Gasteiger partial charge is 0.243 e. The van der Waals surface area contributed by atoms with Crippen LogP contribution in [0.15, 0.2) is 41.3 Å². The van der Waals surface area contributed by atoms with Crippen LogP contribution in [0.3, 0.4) is 0 Å². The second-order valence-corrected chi connectivity index (χ2v) is 8.85. The van der Waals surface area contributed by atoms with Crippen molar-refractivity contribution in [2.24, 2.45) is 11.8 Å². The summed E-state index contributed by atoms with van der Waals surface area (Å²) >= 11 is 0. The average Bonchev–Trinajstić information content (AvgIpc) is 2.46. The van der Waals surface area contributed by atoms with Gasteiger partial charge in [0.15, 0.2) is 0 Å². The van der Waals surface area contributed by atoms with Gasteiger partial charge in [0.1, 0.15) is 0 Å². The number of sulfonamides is 1. The molecular formula is C18H27NO3S. The number of hydrogen-bond donors (Lipinski definition) is 1. The van der Waals surface area contributed by atoms with Crippen LogP contribution in [0.25, 0.3) is 0 Å². The highest BCUT2D eigenvalue weighted by Crippen LogP contribution is 2.34. The van der Waals surface area contributed by atoms with E-state index in [9.17, 15) is 13.5 Å². The highest BCUT2D eigenvalue weighted by molar-refractivity contribution is 7.89. The number of aryl methyl sites for hydroxylation is 1. The summed E-state index contributed by atoms with van der Waals surface area (Å²) in [5, 5.41) is 10.4. The zero-order valence-electron chi connectivity index (χ0n) is 14.4. The van der Waals surface area contributed by atoms with E-state index in [2.05, 4.69) is 6.58 Å². The lowest BCUT2D eigenvalue weighted by Gasteiger charge is -2.43. The Kier molecular flexibility index (Phi) is 5.33. The van der Waals surface area contributed by atoms with Crippen molar-refractivity contribution in [3.05, 3.63) is 42.0 Å². The second kappa shape index (κ2) is 6.75. The molecule has 128 valence electrons. The molecule has 0 spiro atoms. The van der Waals surface area contributed by atoms with Crippen molar-refractivity contribution in [2.45, 2.75) is 51.2 Å². The van der Waals surface area contributed by atoms with Gasteiger partial charge in [0.05, 0.1) is 11.0 Å². The molecular weight excluding hydrogens is 310 g/mol. The zero-order valence-corrected chi connectivity index (χ0v) is 15.2. The van der Waals surface area contributed by atoms with Crippen LogP contribution in [0.5, 0.6) is 0 Å². The molecule has 1 aromatic rings. The number of aliphatic hydroxyl groups excluding tert-OH is 1. The van der Waals surface area contributed by atoms with Crippen LogP contribution in [0.2, 0.25) is 0 Å². The minimum Gasteiger partial charge on any atom is -0.392 e. The molecule has 0 amide bonds. The van der Waals surface area contributed by atoms with Crippen molar-refractivity contribution in [2.75, 3.05) is 6.54 Å². The molecule has 0 bridgehead atoms. The Labute approximate surface area is 139 Å². The van der Waals surface area contributed by atoms with Gasteiger partial charge in [-0.3, -0.25) is 0 Å². The topological polar surface area (TPSA) is 57.6 Å². The molecule has 0 unspecified atom stereocenters. The Bertz CT molecular complexity index is 664. The fourth-order valence-corrected chi connectivity index (χ4v) is 4.98. The molecule has 0 saturated carbocycles. The van der Waals surface area contributed by atoms with Crippen molar-refractivity contribution < 1.29 is 13.5 Å². The maximum Gasteiger partial charge on any atom is 0.243 e. The van der Waals surface area contributed by atoms with E-state index in [1.54, 1.807) is 16.4 Å². The Balaban J connectivity index is 2.42. The molecule has 2 rings (SSSR count). The summed E-state index contributed by atoms with van der Waals surface area (Å²) in [7, 11) is -3.58. The third kappa shape index (κ3) is 3.67. The SMILES string of the molecule is C=C(C)[C@H]1CN(S(=O)(=O)c2ccc(C)cc2)[C@@H](C(C)C)C[C@H]1O. The largest absolute Gasteiger partial charge is 0.392 e. The Hall–Kier alpha value is -1.17. The molecule has 0 radical (unpaired) electrons. The molecule has 1 fully saturated rings. The minimum absolute atomic E-state index is 0.135. The Morgan fingerprint density at radius 2 is 1.87 bits per heavy atom. The van der Waals surface area contributed by atoms with Gasteiger partial charge in [0.25, 0.3) is 0 Å². The summed E-state index contributed by atoms with van der Waals surface area (Å²) in [5.41, 5.74) is 1.85. The molecule has 23 heavy (non-hydrogen) atoms. The molecule has 5 heteroatoms. The third-order valence-electron chi connectivity index (χ3n) is 4.72. The van der Waals surface area contributed by atoms with Gasteiger partial charge in [-0.25, -0.2) is 8.42 Å². The van der Waals surface area contributed by atoms with Crippen LogP contribution < -0.4 is 0 Å². The van der Waals surface area contributed by atoms with E-state index in [0.29, 0.717) is 11.3 Å². The summed E-state index contributed by atoms with van der Waals surface area (Å²) in [6, 6.07) is 6.73. The van der Waals surface area contributed by atoms with E-state index in [0.717, 1.165) is 11.1 Å². The van der Waals surface area contributed by atoms with Gasteiger partial charge in [-0.15, -0.1) is 0 Å². The van der Waals surface area contributed by atoms with Crippen LogP contribution in [0, 0.1) is 18.8 Å². The minimum atomic E-state index is -3.58. The normalized spacial score (nSPS) is 26.4. The summed E-state index contributed by atoms with van der Waals surface area (Å²) in [6.45, 7) is 12.0. The molecule has 1 heterocycles. The van der Waals surface area contributed by atoms with Gasteiger partial charge in [-0.2, -0.15) is 4.31 Å². The van der Waals surface area contributed by atoms with Crippen molar-refractivity contribution in [1.29, 1.82) is 0 Å². The van der Waals surface area contributed by atoms with Crippen LogP contribution in [0.4, 0.5) is 0 Å². The predicted octanol–water partition coefficient (Wildman–Crippen LogP) is 2.97. The van der Waals surface area contributed by atoms with Gasteiger partial charge in [-0.05, 0) is 38.3 Å². The van der Waals surface area contributed by atoms with Gasteiger partial charge < -0.3 is 5.11 Å².